The highest BCUT2D eigenvalue weighted by atomic mass is 32.2. The minimum atomic E-state index is -1.51. The zero-order chi connectivity index (χ0) is 23.7. The third-order valence-electron chi connectivity index (χ3n) is 5.75. The van der Waals surface area contributed by atoms with Gasteiger partial charge in [-0.05, 0) is 29.7 Å². The van der Waals surface area contributed by atoms with Crippen molar-refractivity contribution in [1.82, 2.24) is 19.1 Å². The molecule has 2 aromatic carbocycles. The molecule has 4 aromatic rings. The number of hydrogen-bond acceptors (Lipinski definition) is 6. The molecule has 2 atom stereocenters. The Kier molecular flexibility index (Phi) is 6.38. The van der Waals surface area contributed by atoms with Crippen LogP contribution >= 0.6 is 0 Å². The molecule has 10 heteroatoms. The lowest BCUT2D eigenvalue weighted by atomic mass is 10.1. The summed E-state index contributed by atoms with van der Waals surface area (Å²) in [5, 5.41) is 6.02. The average molecular weight is 480 g/mol. The van der Waals surface area contributed by atoms with Gasteiger partial charge in [0.1, 0.15) is 0 Å². The summed E-state index contributed by atoms with van der Waals surface area (Å²) < 4.78 is 30.2. The molecule has 0 amide bonds. The number of likely N-dealkylation sites (N-methyl/N-ethyl adjacent to an activating group) is 1. The fraction of sp³-hybridized carbons (Fsp3) is 0.292. The van der Waals surface area contributed by atoms with E-state index in [1.807, 2.05) is 43.6 Å². The van der Waals surface area contributed by atoms with Gasteiger partial charge in [-0.15, -0.1) is 0 Å². The molecule has 1 N–H and O–H groups in total. The Morgan fingerprint density at radius 3 is 2.76 bits per heavy atom. The third-order valence-corrected chi connectivity index (χ3v) is 6.88. The molecule has 0 bridgehead atoms. The molecule has 1 fully saturated rings. The molecule has 5 rings (SSSR count). The molecule has 1 aliphatic heterocycles. The molecule has 0 spiro atoms. The SMILES string of the molecule is CN(CC1COCCO1)S(=O)Nc1ccc2ccc3ncc(-c4cnn(C)c4)cc3c(=O)c2c1. The van der Waals surface area contributed by atoms with E-state index in [0.29, 0.717) is 48.3 Å². The van der Waals surface area contributed by atoms with Crippen LogP contribution in [0, 0.1) is 0 Å². The Morgan fingerprint density at radius 2 is 2.00 bits per heavy atom. The van der Waals surface area contributed by atoms with Crippen LogP contribution in [0.15, 0.2) is 59.8 Å². The normalized spacial score (nSPS) is 17.3. The predicted octanol–water partition coefficient (Wildman–Crippen LogP) is 2.49. The topological polar surface area (TPSA) is 98.6 Å². The predicted molar refractivity (Wildman–Crippen MR) is 133 cm³/mol. The van der Waals surface area contributed by atoms with Crippen molar-refractivity contribution < 1.29 is 13.7 Å². The second kappa shape index (κ2) is 9.59. The number of aryl methyl sites for hydroxylation is 1. The Morgan fingerprint density at radius 1 is 1.15 bits per heavy atom. The summed E-state index contributed by atoms with van der Waals surface area (Å²) in [5.41, 5.74) is 2.78. The summed E-state index contributed by atoms with van der Waals surface area (Å²) in [6.45, 7) is 2.07. The summed E-state index contributed by atoms with van der Waals surface area (Å²) in [6.07, 6.45) is 5.25. The minimum Gasteiger partial charge on any atom is -0.376 e. The highest BCUT2D eigenvalue weighted by Crippen LogP contribution is 2.23. The van der Waals surface area contributed by atoms with E-state index < -0.39 is 11.2 Å². The number of anilines is 1. The van der Waals surface area contributed by atoms with E-state index >= 15 is 0 Å². The third kappa shape index (κ3) is 4.71. The van der Waals surface area contributed by atoms with Crippen molar-refractivity contribution in [3.63, 3.8) is 0 Å². The van der Waals surface area contributed by atoms with Crippen molar-refractivity contribution in [3.8, 4) is 11.1 Å². The van der Waals surface area contributed by atoms with E-state index in [-0.39, 0.29) is 11.5 Å². The number of aromatic nitrogens is 3. The van der Waals surface area contributed by atoms with Gasteiger partial charge in [0.15, 0.2) is 16.6 Å². The van der Waals surface area contributed by atoms with Gasteiger partial charge < -0.3 is 9.47 Å². The van der Waals surface area contributed by atoms with Crippen LogP contribution in [0.1, 0.15) is 0 Å². The molecule has 176 valence electrons. The molecule has 2 aromatic heterocycles. The van der Waals surface area contributed by atoms with Crippen molar-refractivity contribution in [3.05, 3.63) is 65.2 Å². The quantitative estimate of drug-likeness (QED) is 0.456. The van der Waals surface area contributed by atoms with Gasteiger partial charge >= 0.3 is 0 Å². The minimum absolute atomic E-state index is 0.124. The van der Waals surface area contributed by atoms with Crippen LogP contribution in [0.2, 0.25) is 0 Å². The first-order chi connectivity index (χ1) is 16.5. The lowest BCUT2D eigenvalue weighted by Crippen LogP contribution is -2.40. The largest absolute Gasteiger partial charge is 0.376 e. The first-order valence-corrected chi connectivity index (χ1v) is 12.0. The van der Waals surface area contributed by atoms with Crippen LogP contribution in [0.3, 0.4) is 0 Å². The first kappa shape index (κ1) is 22.6. The molecule has 0 aliphatic carbocycles. The van der Waals surface area contributed by atoms with E-state index in [0.717, 1.165) is 16.5 Å². The summed E-state index contributed by atoms with van der Waals surface area (Å²) in [6, 6.07) is 11.0. The molecule has 2 unspecified atom stereocenters. The number of nitrogens with one attached hydrogen (secondary N) is 1. The van der Waals surface area contributed by atoms with E-state index in [9.17, 15) is 9.00 Å². The van der Waals surface area contributed by atoms with Crippen molar-refractivity contribution in [2.24, 2.45) is 7.05 Å². The number of fused-ring (bicyclic) bond motifs is 2. The number of benzene rings is 1. The zero-order valence-corrected chi connectivity index (χ0v) is 19.7. The van der Waals surface area contributed by atoms with Crippen LogP contribution in [0.4, 0.5) is 5.69 Å². The molecule has 3 heterocycles. The Balaban J connectivity index is 1.46. The fourth-order valence-electron chi connectivity index (χ4n) is 3.97. The maximum atomic E-state index is 13.5. The van der Waals surface area contributed by atoms with Gasteiger partial charge in [-0.1, -0.05) is 12.1 Å². The second-order valence-electron chi connectivity index (χ2n) is 8.25. The van der Waals surface area contributed by atoms with Crippen LogP contribution in [0.25, 0.3) is 32.8 Å². The van der Waals surface area contributed by atoms with Crippen LogP contribution in [-0.4, -0.2) is 62.8 Å². The lowest BCUT2D eigenvalue weighted by Gasteiger charge is -2.26. The summed E-state index contributed by atoms with van der Waals surface area (Å²) in [7, 11) is 3.59. The maximum absolute atomic E-state index is 13.5. The molecule has 0 saturated carbocycles. The monoisotopic (exact) mass is 479 g/mol. The summed E-state index contributed by atoms with van der Waals surface area (Å²) >= 11 is -1.51. The van der Waals surface area contributed by atoms with Crippen LogP contribution in [-0.2, 0) is 27.7 Å². The number of hydrogen-bond donors (Lipinski definition) is 1. The van der Waals surface area contributed by atoms with Crippen molar-refractivity contribution in [2.75, 3.05) is 38.1 Å². The number of nitrogens with zero attached hydrogens (tertiary/aromatic N) is 4. The molecular formula is C24H25N5O4S. The Labute approximate surface area is 199 Å². The number of rotatable bonds is 6. The number of pyridine rings is 1. The van der Waals surface area contributed by atoms with Crippen molar-refractivity contribution in [1.29, 1.82) is 0 Å². The highest BCUT2D eigenvalue weighted by molar-refractivity contribution is 7.84. The summed E-state index contributed by atoms with van der Waals surface area (Å²) in [5.74, 6) is 0. The fourth-order valence-corrected chi connectivity index (χ4v) is 4.76. The smallest absolute Gasteiger partial charge is 0.196 e. The zero-order valence-electron chi connectivity index (χ0n) is 18.9. The van der Waals surface area contributed by atoms with Gasteiger partial charge in [-0.2, -0.15) is 5.10 Å². The van der Waals surface area contributed by atoms with Gasteiger partial charge in [0, 0.05) is 60.6 Å². The molecule has 9 nitrogen and oxygen atoms in total. The highest BCUT2D eigenvalue weighted by Gasteiger charge is 2.19. The van der Waals surface area contributed by atoms with Gasteiger partial charge in [-0.3, -0.25) is 19.2 Å². The van der Waals surface area contributed by atoms with Gasteiger partial charge in [0.2, 0.25) is 0 Å². The number of ether oxygens (including phenoxy) is 2. The molecule has 34 heavy (non-hydrogen) atoms. The second-order valence-corrected chi connectivity index (χ2v) is 9.58. The standard InChI is InChI=1S/C24H25N5O4S/c1-28-13-18(12-26-28)17-9-22-23(25-11-17)6-4-16-3-5-19(10-21(16)24(22)30)27-34(31)29(2)14-20-15-32-7-8-33-20/h3-6,9-13,20,27H,7-8,14-15H2,1-2H3. The molecule has 1 saturated heterocycles. The summed E-state index contributed by atoms with van der Waals surface area (Å²) in [4.78, 5) is 18.0. The van der Waals surface area contributed by atoms with Crippen LogP contribution < -0.4 is 10.2 Å². The maximum Gasteiger partial charge on any atom is 0.196 e. The Bertz CT molecular complexity index is 1430. The van der Waals surface area contributed by atoms with E-state index in [1.165, 1.54) is 0 Å². The van der Waals surface area contributed by atoms with E-state index in [1.54, 1.807) is 34.5 Å². The molecule has 1 aliphatic rings. The first-order valence-electron chi connectivity index (χ1n) is 10.9. The van der Waals surface area contributed by atoms with E-state index in [4.69, 9.17) is 9.47 Å². The lowest BCUT2D eigenvalue weighted by molar-refractivity contribution is -0.0906. The van der Waals surface area contributed by atoms with Crippen LogP contribution in [0.5, 0.6) is 0 Å². The van der Waals surface area contributed by atoms with Gasteiger partial charge in [0.25, 0.3) is 0 Å². The molecular weight excluding hydrogens is 454 g/mol. The average Bonchev–Trinajstić information content (AvgIpc) is 3.23. The van der Waals surface area contributed by atoms with Crippen molar-refractivity contribution in [2.45, 2.75) is 6.10 Å². The van der Waals surface area contributed by atoms with Gasteiger partial charge in [0.05, 0.1) is 37.6 Å². The van der Waals surface area contributed by atoms with Crippen molar-refractivity contribution >= 4 is 38.5 Å². The van der Waals surface area contributed by atoms with Gasteiger partial charge in [-0.25, -0.2) is 8.51 Å². The molecule has 0 radical (unpaired) electrons. The Hall–Kier alpha value is -3.18. The van der Waals surface area contributed by atoms with E-state index in [2.05, 4.69) is 14.8 Å².